The van der Waals surface area contributed by atoms with E-state index >= 15 is 0 Å². The van der Waals surface area contributed by atoms with Crippen molar-refractivity contribution in [2.45, 2.75) is 53.4 Å². The minimum absolute atomic E-state index is 0.0764. The third kappa shape index (κ3) is 5.22. The monoisotopic (exact) mass is 421 g/mol. The first-order valence-corrected chi connectivity index (χ1v) is 10.9. The van der Waals surface area contributed by atoms with Gasteiger partial charge in [0.05, 0.1) is 5.69 Å². The van der Waals surface area contributed by atoms with E-state index < -0.39 is 0 Å². The maximum absolute atomic E-state index is 12.8. The van der Waals surface area contributed by atoms with Gasteiger partial charge in [-0.05, 0) is 49.9 Å². The van der Waals surface area contributed by atoms with Gasteiger partial charge in [-0.2, -0.15) is 0 Å². The molecule has 156 valence electrons. The normalized spacial score (nSPS) is 11.0. The number of aromatic nitrogens is 1. The van der Waals surface area contributed by atoms with Gasteiger partial charge in [-0.25, -0.2) is 4.98 Å². The summed E-state index contributed by atoms with van der Waals surface area (Å²) in [6, 6.07) is 13.6. The maximum Gasteiger partial charge on any atom is 0.308 e. The molecule has 0 amide bonds. The Morgan fingerprint density at radius 1 is 1.07 bits per heavy atom. The van der Waals surface area contributed by atoms with Crippen molar-refractivity contribution in [3.05, 3.63) is 69.7 Å². The molecule has 0 aliphatic carbocycles. The first-order chi connectivity index (χ1) is 14.2. The molecule has 5 heteroatoms. The van der Waals surface area contributed by atoms with Crippen molar-refractivity contribution < 1.29 is 14.3 Å². The molecule has 0 aliphatic rings. The number of rotatable bonds is 7. The molecule has 3 aromatic rings. The molecule has 0 fully saturated rings. The second kappa shape index (κ2) is 9.35. The molecular formula is C25H27NO3S. The molecule has 2 aromatic carbocycles. The fourth-order valence-corrected chi connectivity index (χ4v) is 4.50. The molecule has 0 N–H and O–H groups in total. The number of Topliss-reactive ketones (excluding diaryl/α,β-unsaturated/α-hetero) is 1. The van der Waals surface area contributed by atoms with E-state index in [1.807, 2.05) is 6.92 Å². The number of ketones is 1. The van der Waals surface area contributed by atoms with Gasteiger partial charge in [0.1, 0.15) is 10.8 Å². The van der Waals surface area contributed by atoms with Crippen LogP contribution in [0, 0.1) is 13.8 Å². The highest BCUT2D eigenvalue weighted by atomic mass is 32.1. The van der Waals surface area contributed by atoms with Crippen molar-refractivity contribution in [3.8, 4) is 16.3 Å². The van der Waals surface area contributed by atoms with Gasteiger partial charge >= 0.3 is 5.97 Å². The summed E-state index contributed by atoms with van der Waals surface area (Å²) in [4.78, 5) is 30.0. The number of carbonyl (C=O) groups excluding carboxylic acids is 2. The number of nitrogens with zero attached hydrogens (tertiary/aromatic N) is 1. The number of ether oxygens (including phenoxy) is 1. The number of benzene rings is 2. The smallest absolute Gasteiger partial charge is 0.308 e. The van der Waals surface area contributed by atoms with Gasteiger partial charge in [-0.1, -0.05) is 43.7 Å². The number of hydrogen-bond donors (Lipinski definition) is 0. The summed E-state index contributed by atoms with van der Waals surface area (Å²) in [5, 5.41) is 1.00. The lowest BCUT2D eigenvalue weighted by molar-refractivity contribution is -0.131. The average Bonchev–Trinajstić information content (AvgIpc) is 3.12. The Hall–Kier alpha value is -2.79. The first-order valence-electron chi connectivity index (χ1n) is 10.1. The minimum atomic E-state index is -0.368. The first kappa shape index (κ1) is 21.9. The molecule has 3 rings (SSSR count). The Labute approximate surface area is 181 Å². The van der Waals surface area contributed by atoms with Gasteiger partial charge in [0.25, 0.3) is 0 Å². The minimum Gasteiger partial charge on any atom is -0.426 e. The number of hydrogen-bond acceptors (Lipinski definition) is 5. The predicted molar refractivity (Wildman–Crippen MR) is 122 cm³/mol. The Balaban J connectivity index is 1.76. The Morgan fingerprint density at radius 2 is 1.77 bits per heavy atom. The number of carbonyl (C=O) groups is 2. The van der Waals surface area contributed by atoms with Gasteiger partial charge < -0.3 is 4.74 Å². The second-order valence-electron chi connectivity index (χ2n) is 7.85. The van der Waals surface area contributed by atoms with Crippen molar-refractivity contribution >= 4 is 23.1 Å². The van der Waals surface area contributed by atoms with Crippen molar-refractivity contribution in [2.24, 2.45) is 0 Å². The van der Waals surface area contributed by atoms with Crippen LogP contribution in [0.2, 0.25) is 0 Å². The van der Waals surface area contributed by atoms with Crippen LogP contribution >= 0.6 is 11.3 Å². The highest BCUT2D eigenvalue weighted by Gasteiger charge is 2.17. The zero-order valence-electron chi connectivity index (χ0n) is 18.1. The highest BCUT2D eigenvalue weighted by molar-refractivity contribution is 7.15. The zero-order chi connectivity index (χ0) is 21.8. The van der Waals surface area contributed by atoms with E-state index in [2.05, 4.69) is 45.0 Å². The van der Waals surface area contributed by atoms with Crippen LogP contribution in [0.3, 0.4) is 0 Å². The summed E-state index contributed by atoms with van der Waals surface area (Å²) in [5.74, 6) is 0.502. The van der Waals surface area contributed by atoms with Crippen LogP contribution < -0.4 is 4.74 Å². The molecule has 1 aromatic heterocycles. The number of thiazole rings is 1. The molecule has 0 bridgehead atoms. The maximum atomic E-state index is 12.8. The molecule has 0 saturated heterocycles. The van der Waals surface area contributed by atoms with Crippen LogP contribution in [0.5, 0.6) is 5.75 Å². The molecule has 4 nitrogen and oxygen atoms in total. The Morgan fingerprint density at radius 3 is 2.37 bits per heavy atom. The Kier molecular flexibility index (Phi) is 6.83. The molecule has 0 spiro atoms. The molecular weight excluding hydrogens is 394 g/mol. The fourth-order valence-electron chi connectivity index (χ4n) is 3.28. The number of esters is 1. The van der Waals surface area contributed by atoms with Crippen molar-refractivity contribution in [1.29, 1.82) is 0 Å². The summed E-state index contributed by atoms with van der Waals surface area (Å²) >= 11 is 1.68. The highest BCUT2D eigenvalue weighted by Crippen LogP contribution is 2.33. The van der Waals surface area contributed by atoms with Crippen molar-refractivity contribution in [3.63, 3.8) is 0 Å². The van der Waals surface area contributed by atoms with Crippen LogP contribution in [0.15, 0.2) is 42.5 Å². The van der Waals surface area contributed by atoms with E-state index in [9.17, 15) is 9.59 Å². The second-order valence-corrected chi connectivity index (χ2v) is 8.93. The van der Waals surface area contributed by atoms with Crippen LogP contribution in [-0.4, -0.2) is 16.7 Å². The molecule has 0 aliphatic heterocycles. The summed E-state index contributed by atoms with van der Waals surface area (Å²) in [5.41, 5.74) is 4.82. The molecule has 0 radical (unpaired) electrons. The van der Waals surface area contributed by atoms with E-state index in [-0.39, 0.29) is 11.8 Å². The van der Waals surface area contributed by atoms with Crippen molar-refractivity contribution in [2.75, 3.05) is 0 Å². The van der Waals surface area contributed by atoms with Crippen LogP contribution in [-0.2, 0) is 11.2 Å². The van der Waals surface area contributed by atoms with Crippen LogP contribution in [0.4, 0.5) is 0 Å². The predicted octanol–water partition coefficient (Wildman–Crippen LogP) is 6.29. The fraction of sp³-hybridized carbons (Fsp3) is 0.320. The van der Waals surface area contributed by atoms with Crippen LogP contribution in [0.1, 0.15) is 65.2 Å². The largest absolute Gasteiger partial charge is 0.426 e. The lowest BCUT2D eigenvalue weighted by atomic mass is 10.0. The standard InChI is InChI=1S/C25H27NO3S/c1-15(2)24-23(30-25(26-24)19-8-6-16(3)7-9-19)13-11-21(28)20-10-12-22(17(4)14-20)29-18(5)27/h6-10,12,14-15H,11,13H2,1-5H3. The summed E-state index contributed by atoms with van der Waals surface area (Å²) < 4.78 is 5.15. The van der Waals surface area contributed by atoms with Gasteiger partial charge in [0.2, 0.25) is 0 Å². The van der Waals surface area contributed by atoms with Gasteiger partial charge in [-0.15, -0.1) is 11.3 Å². The quantitative estimate of drug-likeness (QED) is 0.255. The molecule has 0 unspecified atom stereocenters. The van der Waals surface area contributed by atoms with E-state index in [0.717, 1.165) is 21.8 Å². The van der Waals surface area contributed by atoms with Gasteiger partial charge in [0.15, 0.2) is 5.78 Å². The van der Waals surface area contributed by atoms with E-state index in [0.29, 0.717) is 30.1 Å². The zero-order valence-corrected chi connectivity index (χ0v) is 18.9. The lowest BCUT2D eigenvalue weighted by Gasteiger charge is -2.08. The summed E-state index contributed by atoms with van der Waals surface area (Å²) in [6.07, 6.45) is 1.09. The van der Waals surface area contributed by atoms with Gasteiger partial charge in [-0.3, -0.25) is 9.59 Å². The third-order valence-corrected chi connectivity index (χ3v) is 6.08. The van der Waals surface area contributed by atoms with Crippen molar-refractivity contribution in [1.82, 2.24) is 4.98 Å². The van der Waals surface area contributed by atoms with Gasteiger partial charge in [0, 0.05) is 29.3 Å². The average molecular weight is 422 g/mol. The van der Waals surface area contributed by atoms with E-state index in [1.54, 1.807) is 29.5 Å². The van der Waals surface area contributed by atoms with Crippen LogP contribution in [0.25, 0.3) is 10.6 Å². The molecule has 0 saturated carbocycles. The lowest BCUT2D eigenvalue weighted by Crippen LogP contribution is -2.05. The SMILES string of the molecule is CC(=O)Oc1ccc(C(=O)CCc2sc(-c3ccc(C)cc3)nc2C(C)C)cc1C. The third-order valence-electron chi connectivity index (χ3n) is 4.90. The van der Waals surface area contributed by atoms with E-state index in [4.69, 9.17) is 9.72 Å². The Bertz CT molecular complexity index is 1060. The summed E-state index contributed by atoms with van der Waals surface area (Å²) in [7, 11) is 0. The number of aryl methyl sites for hydroxylation is 3. The molecule has 0 atom stereocenters. The summed E-state index contributed by atoms with van der Waals surface area (Å²) in [6.45, 7) is 9.54. The molecule has 1 heterocycles. The topological polar surface area (TPSA) is 56.3 Å². The molecule has 30 heavy (non-hydrogen) atoms. The van der Waals surface area contributed by atoms with E-state index in [1.165, 1.54) is 17.4 Å².